The molecule has 0 saturated carbocycles. The number of carbonyl (C=O) groups is 2. The molecule has 1 rings (SSSR count). The van der Waals surface area contributed by atoms with Crippen LogP contribution in [0.15, 0.2) is 18.2 Å². The Bertz CT molecular complexity index is 463. The average Bonchev–Trinajstić information content (AvgIpc) is 2.41. The molecule has 0 radical (unpaired) electrons. The van der Waals surface area contributed by atoms with Crippen LogP contribution in [0.4, 0.5) is 11.6 Å². The van der Waals surface area contributed by atoms with E-state index in [1.165, 1.54) is 0 Å². The Morgan fingerprint density at radius 2 is 1.67 bits per heavy atom. The van der Waals surface area contributed by atoms with Crippen molar-refractivity contribution in [1.29, 1.82) is 0 Å². The normalized spacial score (nSPS) is 10.3. The number of anilines is 2. The maximum Gasteiger partial charge on any atom is 0.303 e. The number of carboxylic acids is 1. The third kappa shape index (κ3) is 8.62. The van der Waals surface area contributed by atoms with Crippen LogP contribution in [-0.4, -0.2) is 22.0 Å². The first kappa shape index (κ1) is 16.9. The van der Waals surface area contributed by atoms with Gasteiger partial charge in [0, 0.05) is 12.8 Å². The first-order valence-electron chi connectivity index (χ1n) is 7.32. The van der Waals surface area contributed by atoms with E-state index in [-0.39, 0.29) is 12.3 Å². The number of rotatable bonds is 10. The minimum Gasteiger partial charge on any atom is -0.481 e. The second-order valence-electron chi connectivity index (χ2n) is 5.01. The first-order chi connectivity index (χ1) is 10.1. The Hall–Kier alpha value is -2.11. The van der Waals surface area contributed by atoms with Gasteiger partial charge in [0.05, 0.1) is 0 Å². The molecule has 0 bridgehead atoms. The summed E-state index contributed by atoms with van der Waals surface area (Å²) in [5, 5.41) is 11.2. The summed E-state index contributed by atoms with van der Waals surface area (Å²) in [6, 6.07) is 5.12. The Labute approximate surface area is 124 Å². The monoisotopic (exact) mass is 293 g/mol. The van der Waals surface area contributed by atoms with Gasteiger partial charge >= 0.3 is 5.97 Å². The van der Waals surface area contributed by atoms with Crippen LogP contribution in [0.1, 0.15) is 51.4 Å². The third-order valence-electron chi connectivity index (χ3n) is 3.08. The van der Waals surface area contributed by atoms with Gasteiger partial charge in [0.1, 0.15) is 11.6 Å². The summed E-state index contributed by atoms with van der Waals surface area (Å²) < 4.78 is 0. The van der Waals surface area contributed by atoms with Crippen LogP contribution in [0.3, 0.4) is 0 Å². The van der Waals surface area contributed by atoms with E-state index in [2.05, 4.69) is 10.3 Å². The Morgan fingerprint density at radius 3 is 2.29 bits per heavy atom. The second-order valence-corrected chi connectivity index (χ2v) is 5.01. The molecule has 1 amide bonds. The molecular formula is C15H23N3O3. The van der Waals surface area contributed by atoms with E-state index in [4.69, 9.17) is 10.8 Å². The van der Waals surface area contributed by atoms with Crippen LogP contribution in [0, 0.1) is 0 Å². The molecule has 21 heavy (non-hydrogen) atoms. The van der Waals surface area contributed by atoms with Crippen molar-refractivity contribution in [2.75, 3.05) is 11.1 Å². The predicted octanol–water partition coefficient (Wildman–Crippen LogP) is 2.81. The van der Waals surface area contributed by atoms with Gasteiger partial charge < -0.3 is 16.2 Å². The number of aromatic nitrogens is 1. The molecule has 0 fully saturated rings. The minimum absolute atomic E-state index is 0.0565. The van der Waals surface area contributed by atoms with Crippen LogP contribution in [0.25, 0.3) is 0 Å². The second kappa shape index (κ2) is 9.74. The van der Waals surface area contributed by atoms with Crippen molar-refractivity contribution in [2.24, 2.45) is 0 Å². The molecule has 1 aromatic rings. The number of hydrogen-bond acceptors (Lipinski definition) is 4. The Morgan fingerprint density at radius 1 is 1.05 bits per heavy atom. The minimum atomic E-state index is -0.734. The van der Waals surface area contributed by atoms with Crippen molar-refractivity contribution in [3.05, 3.63) is 18.2 Å². The Balaban J connectivity index is 2.02. The molecular weight excluding hydrogens is 270 g/mol. The number of nitrogens with zero attached hydrogens (tertiary/aromatic N) is 1. The van der Waals surface area contributed by atoms with Gasteiger partial charge in [0.2, 0.25) is 5.91 Å². The number of pyridine rings is 1. The first-order valence-corrected chi connectivity index (χ1v) is 7.32. The molecule has 0 unspecified atom stereocenters. The van der Waals surface area contributed by atoms with Crippen molar-refractivity contribution in [3.8, 4) is 0 Å². The number of aliphatic carboxylic acids is 1. The molecule has 0 aromatic carbocycles. The summed E-state index contributed by atoms with van der Waals surface area (Å²) in [7, 11) is 0. The van der Waals surface area contributed by atoms with E-state index in [0.717, 1.165) is 38.5 Å². The van der Waals surface area contributed by atoms with Crippen LogP contribution < -0.4 is 11.1 Å². The lowest BCUT2D eigenvalue weighted by Crippen LogP contribution is -2.12. The van der Waals surface area contributed by atoms with Crippen LogP contribution in [0.2, 0.25) is 0 Å². The van der Waals surface area contributed by atoms with Gasteiger partial charge in [-0.05, 0) is 25.0 Å². The summed E-state index contributed by atoms with van der Waals surface area (Å²) in [5.41, 5.74) is 5.53. The molecule has 0 saturated heterocycles. The van der Waals surface area contributed by atoms with Gasteiger partial charge in [-0.2, -0.15) is 0 Å². The van der Waals surface area contributed by atoms with Crippen molar-refractivity contribution < 1.29 is 14.7 Å². The van der Waals surface area contributed by atoms with E-state index in [1.54, 1.807) is 18.2 Å². The maximum atomic E-state index is 11.7. The molecule has 1 heterocycles. The maximum absolute atomic E-state index is 11.7. The number of nitrogen functional groups attached to an aromatic ring is 1. The number of carbonyl (C=O) groups excluding carboxylic acids is 1. The standard InChI is InChI=1S/C15H23N3O3/c16-12-8-7-9-13(17-12)18-14(19)10-5-3-1-2-4-6-11-15(20)21/h7-9H,1-6,10-11H2,(H,20,21)(H3,16,17,18,19). The molecule has 1 aromatic heterocycles. The summed E-state index contributed by atoms with van der Waals surface area (Å²) >= 11 is 0. The van der Waals surface area contributed by atoms with Gasteiger partial charge in [0.25, 0.3) is 0 Å². The zero-order valence-electron chi connectivity index (χ0n) is 12.2. The van der Waals surface area contributed by atoms with E-state index < -0.39 is 5.97 Å². The molecule has 6 heteroatoms. The van der Waals surface area contributed by atoms with Gasteiger partial charge in [0.15, 0.2) is 0 Å². The molecule has 4 N–H and O–H groups in total. The molecule has 0 spiro atoms. The van der Waals surface area contributed by atoms with Crippen LogP contribution in [-0.2, 0) is 9.59 Å². The number of unbranched alkanes of at least 4 members (excludes halogenated alkanes) is 5. The van der Waals surface area contributed by atoms with Gasteiger partial charge in [-0.15, -0.1) is 0 Å². The van der Waals surface area contributed by atoms with E-state index in [0.29, 0.717) is 18.1 Å². The van der Waals surface area contributed by atoms with Crippen molar-refractivity contribution in [2.45, 2.75) is 51.4 Å². The van der Waals surface area contributed by atoms with E-state index >= 15 is 0 Å². The van der Waals surface area contributed by atoms with Crippen molar-refractivity contribution in [3.63, 3.8) is 0 Å². The van der Waals surface area contributed by atoms with Crippen molar-refractivity contribution in [1.82, 2.24) is 4.98 Å². The fraction of sp³-hybridized carbons (Fsp3) is 0.533. The van der Waals surface area contributed by atoms with E-state index in [1.807, 2.05) is 0 Å². The van der Waals surface area contributed by atoms with E-state index in [9.17, 15) is 9.59 Å². The smallest absolute Gasteiger partial charge is 0.303 e. The Kier molecular flexibility index (Phi) is 7.86. The van der Waals surface area contributed by atoms with Gasteiger partial charge in [-0.1, -0.05) is 31.7 Å². The van der Waals surface area contributed by atoms with Gasteiger partial charge in [-0.25, -0.2) is 4.98 Å². The molecule has 116 valence electrons. The third-order valence-corrected chi connectivity index (χ3v) is 3.08. The topological polar surface area (TPSA) is 105 Å². The fourth-order valence-corrected chi connectivity index (χ4v) is 2.00. The highest BCUT2D eigenvalue weighted by Crippen LogP contribution is 2.10. The quantitative estimate of drug-likeness (QED) is 0.575. The zero-order valence-corrected chi connectivity index (χ0v) is 12.2. The lowest BCUT2D eigenvalue weighted by atomic mass is 10.1. The lowest BCUT2D eigenvalue weighted by Gasteiger charge is -2.05. The fourth-order valence-electron chi connectivity index (χ4n) is 2.00. The highest BCUT2D eigenvalue weighted by molar-refractivity contribution is 5.89. The summed E-state index contributed by atoms with van der Waals surface area (Å²) in [6.07, 6.45) is 6.23. The molecule has 0 aliphatic carbocycles. The van der Waals surface area contributed by atoms with Crippen molar-refractivity contribution >= 4 is 23.5 Å². The molecule has 6 nitrogen and oxygen atoms in total. The highest BCUT2D eigenvalue weighted by atomic mass is 16.4. The summed E-state index contributed by atoms with van der Waals surface area (Å²) in [4.78, 5) is 26.0. The van der Waals surface area contributed by atoms with Gasteiger partial charge in [-0.3, -0.25) is 9.59 Å². The number of amides is 1. The SMILES string of the molecule is Nc1cccc(NC(=O)CCCCCCCCC(=O)O)n1. The lowest BCUT2D eigenvalue weighted by molar-refractivity contribution is -0.137. The number of nitrogens with one attached hydrogen (secondary N) is 1. The average molecular weight is 293 g/mol. The van der Waals surface area contributed by atoms with Crippen LogP contribution in [0.5, 0.6) is 0 Å². The largest absolute Gasteiger partial charge is 0.481 e. The predicted molar refractivity (Wildman–Crippen MR) is 81.9 cm³/mol. The molecule has 0 aliphatic heterocycles. The highest BCUT2D eigenvalue weighted by Gasteiger charge is 2.03. The summed E-state index contributed by atoms with van der Waals surface area (Å²) in [6.45, 7) is 0. The number of nitrogens with two attached hydrogens (primary N) is 1. The number of hydrogen-bond donors (Lipinski definition) is 3. The number of carboxylic acid groups (broad SMARTS) is 1. The molecule has 0 atom stereocenters. The summed E-state index contributed by atoms with van der Waals surface area (Å²) in [5.74, 6) is 0.0728. The molecule has 0 aliphatic rings. The zero-order chi connectivity index (χ0) is 15.5. The van der Waals surface area contributed by atoms with Crippen LogP contribution >= 0.6 is 0 Å².